The zero-order chi connectivity index (χ0) is 49.9. The minimum absolute atomic E-state index is 0.00292. The average Bonchev–Trinajstić information content (AvgIpc) is 3.61. The van der Waals surface area contributed by atoms with Gasteiger partial charge < -0.3 is 40.6 Å². The van der Waals surface area contributed by atoms with Crippen molar-refractivity contribution in [2.75, 3.05) is 6.61 Å². The lowest BCUT2D eigenvalue weighted by Gasteiger charge is -2.27. The van der Waals surface area contributed by atoms with Gasteiger partial charge in [0.2, 0.25) is 17.7 Å². The van der Waals surface area contributed by atoms with Crippen LogP contribution in [0.1, 0.15) is 95.5 Å². The predicted molar refractivity (Wildman–Crippen MR) is 266 cm³/mol. The molecule has 0 heterocycles. The van der Waals surface area contributed by atoms with Gasteiger partial charge in [0.25, 0.3) is 0 Å². The lowest BCUT2D eigenvalue weighted by Crippen LogP contribution is -2.59. The van der Waals surface area contributed by atoms with Crippen molar-refractivity contribution in [1.82, 2.24) is 21.3 Å². The zero-order valence-corrected chi connectivity index (χ0v) is 40.8. The molecule has 6 rings (SSSR count). The summed E-state index contributed by atoms with van der Waals surface area (Å²) in [7, 11) is 0. The first-order valence-corrected chi connectivity index (χ1v) is 23.6. The van der Waals surface area contributed by atoms with Gasteiger partial charge >= 0.3 is 12.1 Å². The van der Waals surface area contributed by atoms with Crippen LogP contribution in [-0.2, 0) is 43.2 Å². The van der Waals surface area contributed by atoms with Crippen molar-refractivity contribution < 1.29 is 43.3 Å². The van der Waals surface area contributed by atoms with Crippen molar-refractivity contribution in [3.63, 3.8) is 0 Å². The van der Waals surface area contributed by atoms with Crippen LogP contribution in [0.15, 0.2) is 127 Å². The Kier molecular flexibility index (Phi) is 16.9. The van der Waals surface area contributed by atoms with Crippen molar-refractivity contribution in [3.05, 3.63) is 155 Å². The number of aliphatic carboxylic acids is 1. The van der Waals surface area contributed by atoms with Crippen LogP contribution >= 0.6 is 0 Å². The SMILES string of the molecule is CC(C)C[C@H](NC(=O)OCC1c2ccccc2-c2ccccc21)C(=O)N[C@@H](Cc1ccc(OC(C)(C)C)cc1)C(=O)N[C@@H](Cc1ccc(OC(C)(C)C)cc1)C(=O)N[C@@H](Cc1ccccc1)C(=O)O. The first-order valence-electron chi connectivity index (χ1n) is 23.6. The molecule has 4 amide bonds. The second-order valence-electron chi connectivity index (χ2n) is 20.0. The minimum Gasteiger partial charge on any atom is -0.488 e. The zero-order valence-electron chi connectivity index (χ0n) is 40.8. The molecular formula is C56H66N4O9. The van der Waals surface area contributed by atoms with E-state index in [2.05, 4.69) is 21.3 Å². The summed E-state index contributed by atoms with van der Waals surface area (Å²) < 4.78 is 17.9. The van der Waals surface area contributed by atoms with Gasteiger partial charge in [-0.2, -0.15) is 0 Å². The number of benzene rings is 5. The molecule has 0 saturated heterocycles. The van der Waals surface area contributed by atoms with Crippen LogP contribution in [0.2, 0.25) is 0 Å². The Balaban J connectivity index is 1.25. The van der Waals surface area contributed by atoms with E-state index in [1.165, 1.54) is 0 Å². The van der Waals surface area contributed by atoms with Crippen LogP contribution in [0.3, 0.4) is 0 Å². The number of alkyl carbamates (subject to hydrolysis) is 1. The molecule has 69 heavy (non-hydrogen) atoms. The normalized spacial score (nSPS) is 14.0. The van der Waals surface area contributed by atoms with Crippen molar-refractivity contribution in [3.8, 4) is 22.6 Å². The molecule has 1 aliphatic carbocycles. The lowest BCUT2D eigenvalue weighted by atomic mass is 9.98. The third kappa shape index (κ3) is 15.2. The van der Waals surface area contributed by atoms with Crippen molar-refractivity contribution in [1.29, 1.82) is 0 Å². The highest BCUT2D eigenvalue weighted by atomic mass is 16.5. The van der Waals surface area contributed by atoms with Crippen LogP contribution in [0, 0.1) is 5.92 Å². The molecule has 0 unspecified atom stereocenters. The number of ether oxygens (including phenoxy) is 3. The first kappa shape index (κ1) is 51.2. The summed E-state index contributed by atoms with van der Waals surface area (Å²) in [4.78, 5) is 69.5. The minimum atomic E-state index is -1.31. The first-order chi connectivity index (χ1) is 32.7. The third-order valence-electron chi connectivity index (χ3n) is 11.4. The van der Waals surface area contributed by atoms with E-state index in [0.29, 0.717) is 28.2 Å². The highest BCUT2D eigenvalue weighted by Crippen LogP contribution is 2.44. The fraction of sp³-hybridized carbons (Fsp3) is 0.375. The Labute approximate surface area is 405 Å². The predicted octanol–water partition coefficient (Wildman–Crippen LogP) is 8.56. The molecule has 0 bridgehead atoms. The number of fused-ring (bicyclic) bond motifs is 3. The summed E-state index contributed by atoms with van der Waals surface area (Å²) in [6.07, 6.45) is -0.591. The van der Waals surface area contributed by atoms with E-state index < -0.39 is 65.2 Å². The molecule has 5 aromatic carbocycles. The molecule has 0 aliphatic heterocycles. The average molecular weight is 939 g/mol. The van der Waals surface area contributed by atoms with Gasteiger partial charge in [-0.15, -0.1) is 0 Å². The highest BCUT2D eigenvalue weighted by molar-refractivity contribution is 5.95. The fourth-order valence-corrected chi connectivity index (χ4v) is 8.34. The Hall–Kier alpha value is -7.15. The Morgan fingerprint density at radius 3 is 1.33 bits per heavy atom. The molecular weight excluding hydrogens is 873 g/mol. The molecule has 4 atom stereocenters. The monoisotopic (exact) mass is 938 g/mol. The van der Waals surface area contributed by atoms with Gasteiger partial charge in [0.05, 0.1) is 0 Å². The smallest absolute Gasteiger partial charge is 0.407 e. The van der Waals surface area contributed by atoms with Crippen LogP contribution in [0.5, 0.6) is 11.5 Å². The summed E-state index contributed by atoms with van der Waals surface area (Å²) in [5, 5.41) is 21.4. The van der Waals surface area contributed by atoms with E-state index >= 15 is 0 Å². The molecule has 0 spiro atoms. The second kappa shape index (κ2) is 22.8. The number of nitrogens with one attached hydrogen (secondary N) is 4. The topological polar surface area (TPSA) is 181 Å². The molecule has 13 nitrogen and oxygen atoms in total. The van der Waals surface area contributed by atoms with Crippen molar-refractivity contribution >= 4 is 29.8 Å². The summed E-state index contributed by atoms with van der Waals surface area (Å²) in [6.45, 7) is 15.5. The van der Waals surface area contributed by atoms with Gasteiger partial charge in [0.15, 0.2) is 0 Å². The summed E-state index contributed by atoms with van der Waals surface area (Å²) in [6, 6.07) is 34.2. The van der Waals surface area contributed by atoms with E-state index in [1.807, 2.05) is 110 Å². The standard InChI is InChI=1S/C56H66N4O9/c1-35(2)30-46(60-54(66)67-34-45-43-20-14-12-18-41(43)42-19-13-15-21-44(42)45)50(61)57-47(31-37-22-26-39(27-23-37)68-55(3,4)5)51(62)58-48(32-38-24-28-40(29-25-38)69-56(6,7)8)52(63)59-49(53(64)65)33-36-16-10-9-11-17-36/h9-29,35,45-49H,30-34H2,1-8H3,(H,57,61)(H,58,62)(H,59,63)(H,60,66)(H,64,65)/t46-,47-,48-,49-/m0/s1. The number of hydrogen-bond acceptors (Lipinski definition) is 8. The van der Waals surface area contributed by atoms with Crippen LogP contribution in [0.25, 0.3) is 11.1 Å². The molecule has 5 aromatic rings. The fourth-order valence-electron chi connectivity index (χ4n) is 8.34. The van der Waals surface area contributed by atoms with Crippen molar-refractivity contribution in [2.45, 2.75) is 122 Å². The van der Waals surface area contributed by atoms with Gasteiger partial charge in [-0.25, -0.2) is 9.59 Å². The largest absolute Gasteiger partial charge is 0.488 e. The van der Waals surface area contributed by atoms with Crippen LogP contribution < -0.4 is 30.7 Å². The second-order valence-corrected chi connectivity index (χ2v) is 20.0. The summed E-state index contributed by atoms with van der Waals surface area (Å²) in [5.41, 5.74) is 5.36. The lowest BCUT2D eigenvalue weighted by molar-refractivity contribution is -0.142. The quantitative estimate of drug-likeness (QED) is 0.0511. The number of carboxylic acid groups (broad SMARTS) is 1. The van der Waals surface area contributed by atoms with E-state index in [0.717, 1.165) is 22.3 Å². The molecule has 13 heteroatoms. The molecule has 0 radical (unpaired) electrons. The number of carboxylic acids is 1. The van der Waals surface area contributed by atoms with E-state index in [-0.39, 0.29) is 44.1 Å². The van der Waals surface area contributed by atoms with Crippen molar-refractivity contribution in [2.24, 2.45) is 5.92 Å². The van der Waals surface area contributed by atoms with E-state index in [4.69, 9.17) is 14.2 Å². The molecule has 0 aromatic heterocycles. The number of carbonyl (C=O) groups is 5. The van der Waals surface area contributed by atoms with Crippen LogP contribution in [-0.4, -0.2) is 76.9 Å². The van der Waals surface area contributed by atoms with E-state index in [1.54, 1.807) is 72.8 Å². The molecule has 5 N–H and O–H groups in total. The Bertz CT molecular complexity index is 2500. The number of amides is 4. The van der Waals surface area contributed by atoms with Crippen LogP contribution in [0.4, 0.5) is 4.79 Å². The summed E-state index contributed by atoms with van der Waals surface area (Å²) >= 11 is 0. The third-order valence-corrected chi connectivity index (χ3v) is 11.4. The number of hydrogen-bond donors (Lipinski definition) is 5. The van der Waals surface area contributed by atoms with E-state index in [9.17, 15) is 29.1 Å². The maximum Gasteiger partial charge on any atom is 0.407 e. The highest BCUT2D eigenvalue weighted by Gasteiger charge is 2.34. The molecule has 364 valence electrons. The summed E-state index contributed by atoms with van der Waals surface area (Å²) in [5.74, 6) is -2.34. The number of rotatable bonds is 20. The van der Waals surface area contributed by atoms with Gasteiger partial charge in [0, 0.05) is 25.2 Å². The Morgan fingerprint density at radius 1 is 0.507 bits per heavy atom. The molecule has 1 aliphatic rings. The van der Waals surface area contributed by atoms with Gasteiger partial charge in [-0.05, 0) is 117 Å². The maximum absolute atomic E-state index is 14.7. The number of carbonyl (C=O) groups excluding carboxylic acids is 4. The molecule has 0 fully saturated rings. The Morgan fingerprint density at radius 2 is 0.899 bits per heavy atom. The molecule has 0 saturated carbocycles. The van der Waals surface area contributed by atoms with Gasteiger partial charge in [-0.3, -0.25) is 14.4 Å². The maximum atomic E-state index is 14.7. The van der Waals surface area contributed by atoms with Gasteiger partial charge in [0.1, 0.15) is 53.5 Å². The van der Waals surface area contributed by atoms with Gasteiger partial charge in [-0.1, -0.05) is 117 Å².